The molecule has 0 saturated heterocycles. The Bertz CT molecular complexity index is 690. The number of carbonyl (C=O) groups is 1. The second kappa shape index (κ2) is 4.34. The lowest BCUT2D eigenvalue weighted by molar-refractivity contribution is -0.117. The van der Waals surface area contributed by atoms with Crippen LogP contribution < -0.4 is 5.32 Å². The van der Waals surface area contributed by atoms with Crippen molar-refractivity contribution in [3.05, 3.63) is 53.2 Å². The first kappa shape index (κ1) is 12.7. The molecule has 1 N–H and O–H groups in total. The van der Waals surface area contributed by atoms with Gasteiger partial charge in [-0.1, -0.05) is 51.1 Å². The van der Waals surface area contributed by atoms with E-state index in [1.165, 1.54) is 0 Å². The number of rotatable bonds is 1. The van der Waals surface area contributed by atoms with Gasteiger partial charge in [-0.25, -0.2) is 0 Å². The van der Waals surface area contributed by atoms with Gasteiger partial charge in [0.1, 0.15) is 0 Å². The lowest BCUT2D eigenvalue weighted by Gasteiger charge is -2.28. The van der Waals surface area contributed by atoms with Crippen molar-refractivity contribution in [2.24, 2.45) is 5.41 Å². The molecular formula is C16H16N3O. The summed E-state index contributed by atoms with van der Waals surface area (Å²) in [4.78, 5) is 12.4. The quantitative estimate of drug-likeness (QED) is 0.862. The van der Waals surface area contributed by atoms with Crippen LogP contribution in [0, 0.1) is 5.41 Å². The molecule has 3 rings (SSSR count). The number of amides is 1. The molecule has 0 bridgehead atoms. The lowest BCUT2D eigenvalue weighted by Crippen LogP contribution is -2.28. The molecule has 0 spiro atoms. The van der Waals surface area contributed by atoms with E-state index >= 15 is 0 Å². The molecule has 0 saturated carbocycles. The smallest absolute Gasteiger partial charge is 0.267 e. The molecule has 2 heterocycles. The third-order valence-corrected chi connectivity index (χ3v) is 3.38. The Hall–Kier alpha value is -2.36. The zero-order valence-electron chi connectivity index (χ0n) is 11.8. The third kappa shape index (κ3) is 1.93. The normalized spacial score (nSPS) is 15.1. The van der Waals surface area contributed by atoms with Gasteiger partial charge in [-0.2, -0.15) is 10.4 Å². The van der Waals surface area contributed by atoms with E-state index in [4.69, 9.17) is 0 Å². The topological polar surface area (TPSA) is 59.9 Å². The Morgan fingerprint density at radius 1 is 1.10 bits per heavy atom. The standard InChI is InChI=1S/C16H16N3O/c1-16(2,3)13-12(10-7-5-4-6-8-10)11-9-17-19-14(11)18-15(13)20/h4-9H,1-3H3,(H,17,19). The summed E-state index contributed by atoms with van der Waals surface area (Å²) in [5.74, 6) is 0.356. The van der Waals surface area contributed by atoms with E-state index in [9.17, 15) is 4.79 Å². The van der Waals surface area contributed by atoms with Crippen LogP contribution in [0.4, 0.5) is 5.82 Å². The van der Waals surface area contributed by atoms with Crippen LogP contribution in [0.2, 0.25) is 0 Å². The number of benzene rings is 1. The molecule has 0 aliphatic carbocycles. The molecule has 20 heavy (non-hydrogen) atoms. The minimum atomic E-state index is -0.277. The van der Waals surface area contributed by atoms with Crippen LogP contribution in [0.1, 0.15) is 31.9 Å². The second-order valence-electron chi connectivity index (χ2n) is 5.92. The van der Waals surface area contributed by atoms with Crippen LogP contribution in [0.5, 0.6) is 0 Å². The van der Waals surface area contributed by atoms with Gasteiger partial charge >= 0.3 is 0 Å². The molecule has 0 unspecified atom stereocenters. The highest BCUT2D eigenvalue weighted by molar-refractivity contribution is 6.11. The maximum absolute atomic E-state index is 12.4. The number of aromatic amines is 1. The first-order chi connectivity index (χ1) is 9.48. The van der Waals surface area contributed by atoms with Crippen LogP contribution in [0.15, 0.2) is 42.1 Å². The van der Waals surface area contributed by atoms with Crippen LogP contribution >= 0.6 is 0 Å². The Kier molecular flexibility index (Phi) is 2.74. The Labute approximate surface area is 117 Å². The van der Waals surface area contributed by atoms with Crippen LogP contribution in [-0.4, -0.2) is 16.1 Å². The third-order valence-electron chi connectivity index (χ3n) is 3.38. The molecular weight excluding hydrogens is 250 g/mol. The summed E-state index contributed by atoms with van der Waals surface area (Å²) in [7, 11) is 0. The van der Waals surface area contributed by atoms with Crippen molar-refractivity contribution in [1.29, 1.82) is 0 Å². The summed E-state index contributed by atoms with van der Waals surface area (Å²) in [6, 6.07) is 9.93. The molecule has 1 radical (unpaired) electrons. The fourth-order valence-corrected chi connectivity index (χ4v) is 2.55. The monoisotopic (exact) mass is 266 g/mol. The highest BCUT2D eigenvalue weighted by atomic mass is 16.1. The number of hydrogen-bond donors (Lipinski definition) is 1. The molecule has 1 aliphatic heterocycles. The average molecular weight is 266 g/mol. The van der Waals surface area contributed by atoms with Gasteiger partial charge in [0.15, 0.2) is 5.82 Å². The van der Waals surface area contributed by atoms with Gasteiger partial charge in [0.25, 0.3) is 5.91 Å². The Morgan fingerprint density at radius 3 is 2.45 bits per heavy atom. The molecule has 0 atom stereocenters. The highest BCUT2D eigenvalue weighted by Crippen LogP contribution is 2.41. The zero-order valence-corrected chi connectivity index (χ0v) is 11.8. The number of nitrogens with one attached hydrogen (secondary N) is 1. The largest absolute Gasteiger partial charge is 0.276 e. The minimum absolute atomic E-state index is 0.187. The Morgan fingerprint density at radius 2 is 1.80 bits per heavy atom. The maximum atomic E-state index is 12.4. The van der Waals surface area contributed by atoms with Crippen molar-refractivity contribution >= 4 is 17.3 Å². The van der Waals surface area contributed by atoms with Crippen LogP contribution in [0.3, 0.4) is 0 Å². The fourth-order valence-electron chi connectivity index (χ4n) is 2.55. The number of nitrogens with zero attached hydrogens (tertiary/aromatic N) is 2. The number of fused-ring (bicyclic) bond motifs is 1. The van der Waals surface area contributed by atoms with Crippen molar-refractivity contribution in [3.63, 3.8) is 0 Å². The predicted molar refractivity (Wildman–Crippen MR) is 77.3 cm³/mol. The number of hydrogen-bond acceptors (Lipinski definition) is 2. The van der Waals surface area contributed by atoms with Crippen LogP contribution in [0.25, 0.3) is 5.57 Å². The van der Waals surface area contributed by atoms with Crippen molar-refractivity contribution in [3.8, 4) is 0 Å². The number of H-pyrrole nitrogens is 1. The number of carbonyl (C=O) groups excluding carboxylic acids is 1. The first-order valence-corrected chi connectivity index (χ1v) is 6.58. The predicted octanol–water partition coefficient (Wildman–Crippen LogP) is 3.03. The van der Waals surface area contributed by atoms with E-state index in [2.05, 4.69) is 15.5 Å². The number of aromatic nitrogens is 2. The zero-order chi connectivity index (χ0) is 14.3. The highest BCUT2D eigenvalue weighted by Gasteiger charge is 2.35. The molecule has 101 valence electrons. The molecule has 1 aliphatic rings. The molecule has 2 aromatic rings. The summed E-state index contributed by atoms with van der Waals surface area (Å²) < 4.78 is 0. The summed E-state index contributed by atoms with van der Waals surface area (Å²) in [5, 5.41) is 10.9. The lowest BCUT2D eigenvalue weighted by atomic mass is 9.78. The summed E-state index contributed by atoms with van der Waals surface area (Å²) in [6.07, 6.45) is 1.74. The SMILES string of the molecule is CC(C)(C)C1=C(c2ccccc2)c2cn[nH]c2[N]C1=O. The summed E-state index contributed by atoms with van der Waals surface area (Å²) >= 11 is 0. The second-order valence-corrected chi connectivity index (χ2v) is 5.92. The summed E-state index contributed by atoms with van der Waals surface area (Å²) in [6.45, 7) is 6.09. The van der Waals surface area contributed by atoms with Crippen molar-refractivity contribution in [1.82, 2.24) is 15.5 Å². The van der Waals surface area contributed by atoms with E-state index < -0.39 is 0 Å². The van der Waals surface area contributed by atoms with Gasteiger partial charge in [0.2, 0.25) is 0 Å². The summed E-state index contributed by atoms with van der Waals surface area (Å²) in [5.41, 5.74) is 3.30. The average Bonchev–Trinajstić information content (AvgIpc) is 2.84. The van der Waals surface area contributed by atoms with Gasteiger partial charge in [0, 0.05) is 16.7 Å². The van der Waals surface area contributed by atoms with Gasteiger partial charge < -0.3 is 0 Å². The van der Waals surface area contributed by atoms with Crippen molar-refractivity contribution < 1.29 is 4.79 Å². The minimum Gasteiger partial charge on any atom is -0.267 e. The fraction of sp³-hybridized carbons (Fsp3) is 0.250. The van der Waals surface area contributed by atoms with E-state index in [1.807, 2.05) is 51.1 Å². The van der Waals surface area contributed by atoms with Gasteiger partial charge in [-0.05, 0) is 11.0 Å². The molecule has 1 amide bonds. The van der Waals surface area contributed by atoms with E-state index in [0.717, 1.165) is 22.3 Å². The Balaban J connectivity index is 2.34. The van der Waals surface area contributed by atoms with E-state index in [0.29, 0.717) is 5.82 Å². The van der Waals surface area contributed by atoms with Crippen molar-refractivity contribution in [2.75, 3.05) is 0 Å². The van der Waals surface area contributed by atoms with Crippen LogP contribution in [-0.2, 0) is 4.79 Å². The molecule has 4 nitrogen and oxygen atoms in total. The first-order valence-electron chi connectivity index (χ1n) is 6.58. The van der Waals surface area contributed by atoms with E-state index in [-0.39, 0.29) is 11.3 Å². The van der Waals surface area contributed by atoms with Gasteiger partial charge in [0.05, 0.1) is 6.20 Å². The molecule has 0 fully saturated rings. The van der Waals surface area contributed by atoms with E-state index in [1.54, 1.807) is 6.20 Å². The maximum Gasteiger partial charge on any atom is 0.276 e. The van der Waals surface area contributed by atoms with Gasteiger partial charge in [-0.3, -0.25) is 9.89 Å². The molecule has 4 heteroatoms. The van der Waals surface area contributed by atoms with Crippen molar-refractivity contribution in [2.45, 2.75) is 20.8 Å². The molecule has 1 aromatic carbocycles. The van der Waals surface area contributed by atoms with Gasteiger partial charge in [-0.15, -0.1) is 0 Å². The molecule has 1 aromatic heterocycles.